The third kappa shape index (κ3) is 4.87. The average molecular weight is 422 g/mol. The number of aliphatic hydroxyl groups excluding tert-OH is 1. The maximum Gasteiger partial charge on any atom is 0.317 e. The summed E-state index contributed by atoms with van der Waals surface area (Å²) in [7, 11) is 0. The number of hydrogen-bond donors (Lipinski definition) is 2. The molecule has 2 heterocycles. The van der Waals surface area contributed by atoms with Gasteiger partial charge < -0.3 is 19.7 Å². The predicted octanol–water partition coefficient (Wildman–Crippen LogP) is 4.30. The molecular formula is C23H23N3O3S. The quantitative estimate of drug-likeness (QED) is 0.445. The third-order valence-electron chi connectivity index (χ3n) is 4.75. The maximum atomic E-state index is 12.6. The van der Waals surface area contributed by atoms with E-state index in [4.69, 9.17) is 4.42 Å². The largest absolute Gasteiger partial charge is 0.457 e. The molecule has 154 valence electrons. The van der Waals surface area contributed by atoms with Gasteiger partial charge in [-0.15, -0.1) is 11.3 Å². The Morgan fingerprint density at radius 1 is 1.03 bits per heavy atom. The first kappa shape index (κ1) is 20.1. The van der Waals surface area contributed by atoms with Crippen LogP contribution in [0.1, 0.15) is 11.3 Å². The summed E-state index contributed by atoms with van der Waals surface area (Å²) in [5, 5.41) is 13.0. The smallest absolute Gasteiger partial charge is 0.317 e. The van der Waals surface area contributed by atoms with Crippen molar-refractivity contribution < 1.29 is 14.3 Å². The van der Waals surface area contributed by atoms with E-state index in [-0.39, 0.29) is 25.7 Å². The van der Waals surface area contributed by atoms with E-state index < -0.39 is 0 Å². The summed E-state index contributed by atoms with van der Waals surface area (Å²) in [6.07, 6.45) is 0.733. The highest BCUT2D eigenvalue weighted by atomic mass is 32.1. The summed E-state index contributed by atoms with van der Waals surface area (Å²) in [6, 6.07) is 21.4. The molecule has 30 heavy (non-hydrogen) atoms. The molecule has 0 saturated heterocycles. The van der Waals surface area contributed by atoms with E-state index in [9.17, 15) is 9.90 Å². The Kier molecular flexibility index (Phi) is 6.41. The molecule has 0 fully saturated rings. The van der Waals surface area contributed by atoms with E-state index in [1.165, 1.54) is 0 Å². The Balaban J connectivity index is 1.35. The van der Waals surface area contributed by atoms with E-state index >= 15 is 0 Å². The summed E-state index contributed by atoms with van der Waals surface area (Å²) in [6.45, 7) is 1.01. The number of furan rings is 1. The van der Waals surface area contributed by atoms with Gasteiger partial charge in [-0.1, -0.05) is 42.5 Å². The molecule has 2 aromatic carbocycles. The molecule has 2 N–H and O–H groups in total. The highest BCUT2D eigenvalue weighted by Crippen LogP contribution is 2.31. The number of benzene rings is 2. The van der Waals surface area contributed by atoms with E-state index in [0.29, 0.717) is 18.1 Å². The van der Waals surface area contributed by atoms with Crippen LogP contribution >= 0.6 is 11.3 Å². The van der Waals surface area contributed by atoms with Crippen LogP contribution in [0.5, 0.6) is 0 Å². The van der Waals surface area contributed by atoms with Crippen molar-refractivity contribution in [1.29, 1.82) is 0 Å². The SMILES string of the molecule is O=C(NCc1ccc(-c2nc3ccccc3s2)o1)N(CCO)CCc1ccccc1. The summed E-state index contributed by atoms with van der Waals surface area (Å²) in [5.74, 6) is 1.35. The molecule has 2 amide bonds. The summed E-state index contributed by atoms with van der Waals surface area (Å²) in [5.41, 5.74) is 2.10. The third-order valence-corrected chi connectivity index (χ3v) is 5.80. The van der Waals surface area contributed by atoms with Crippen LogP contribution < -0.4 is 5.32 Å². The molecule has 0 radical (unpaired) electrons. The second kappa shape index (κ2) is 9.56. The number of urea groups is 1. The lowest BCUT2D eigenvalue weighted by atomic mass is 10.1. The van der Waals surface area contributed by atoms with Crippen LogP contribution in [-0.2, 0) is 13.0 Å². The molecule has 4 rings (SSSR count). The molecule has 2 aromatic heterocycles. The monoisotopic (exact) mass is 421 g/mol. The fraction of sp³-hybridized carbons (Fsp3) is 0.217. The number of para-hydroxylation sites is 1. The Bertz CT molecular complexity index is 1070. The van der Waals surface area contributed by atoms with Gasteiger partial charge in [0.1, 0.15) is 5.76 Å². The van der Waals surface area contributed by atoms with Gasteiger partial charge in [0.2, 0.25) is 0 Å². The Morgan fingerprint density at radius 2 is 1.83 bits per heavy atom. The molecule has 0 spiro atoms. The number of aromatic nitrogens is 1. The zero-order valence-corrected chi connectivity index (χ0v) is 17.3. The molecule has 0 atom stereocenters. The fourth-order valence-electron chi connectivity index (χ4n) is 3.18. The van der Waals surface area contributed by atoms with Gasteiger partial charge in [-0.05, 0) is 36.2 Å². The topological polar surface area (TPSA) is 78.6 Å². The van der Waals surface area contributed by atoms with Gasteiger partial charge in [0.15, 0.2) is 10.8 Å². The Hall–Kier alpha value is -3.16. The van der Waals surface area contributed by atoms with Crippen LogP contribution in [0.4, 0.5) is 4.79 Å². The van der Waals surface area contributed by atoms with E-state index in [0.717, 1.165) is 27.2 Å². The van der Waals surface area contributed by atoms with Crippen molar-refractivity contribution in [2.24, 2.45) is 0 Å². The van der Waals surface area contributed by atoms with Crippen molar-refractivity contribution in [2.75, 3.05) is 19.7 Å². The number of thiazole rings is 1. The second-order valence-electron chi connectivity index (χ2n) is 6.86. The number of hydrogen-bond acceptors (Lipinski definition) is 5. The van der Waals surface area contributed by atoms with Gasteiger partial charge in [0.05, 0.1) is 23.4 Å². The number of nitrogens with zero attached hydrogens (tertiary/aromatic N) is 2. The number of aliphatic hydroxyl groups is 1. The highest BCUT2D eigenvalue weighted by molar-refractivity contribution is 7.21. The van der Waals surface area contributed by atoms with Gasteiger partial charge in [-0.2, -0.15) is 0 Å². The number of carbonyl (C=O) groups excluding carboxylic acids is 1. The maximum absolute atomic E-state index is 12.6. The lowest BCUT2D eigenvalue weighted by molar-refractivity contribution is 0.177. The standard InChI is InChI=1S/C23H23N3O3S/c27-15-14-26(13-12-17-6-2-1-3-7-17)23(28)24-16-18-10-11-20(29-18)22-25-19-8-4-5-9-21(19)30-22/h1-11,27H,12-16H2,(H,24,28). The molecule has 6 nitrogen and oxygen atoms in total. The van der Waals surface area contributed by atoms with Gasteiger partial charge in [0.25, 0.3) is 0 Å². The van der Waals surface area contributed by atoms with Crippen LogP contribution in [0.25, 0.3) is 21.0 Å². The van der Waals surface area contributed by atoms with Crippen molar-refractivity contribution in [3.8, 4) is 10.8 Å². The Labute approximate surface area is 178 Å². The summed E-state index contributed by atoms with van der Waals surface area (Å²) < 4.78 is 6.99. The van der Waals surface area contributed by atoms with Crippen molar-refractivity contribution >= 4 is 27.6 Å². The first-order valence-electron chi connectivity index (χ1n) is 9.85. The predicted molar refractivity (Wildman–Crippen MR) is 118 cm³/mol. The lowest BCUT2D eigenvalue weighted by Crippen LogP contribution is -2.42. The number of carbonyl (C=O) groups is 1. The molecule has 0 bridgehead atoms. The molecular weight excluding hydrogens is 398 g/mol. The minimum atomic E-state index is -0.224. The van der Waals surface area contributed by atoms with Crippen molar-refractivity contribution in [1.82, 2.24) is 15.2 Å². The lowest BCUT2D eigenvalue weighted by Gasteiger charge is -2.22. The van der Waals surface area contributed by atoms with Crippen LogP contribution in [0.2, 0.25) is 0 Å². The molecule has 0 aliphatic carbocycles. The zero-order chi connectivity index (χ0) is 20.8. The minimum absolute atomic E-state index is 0.0787. The van der Waals surface area contributed by atoms with E-state index in [2.05, 4.69) is 10.3 Å². The fourth-order valence-corrected chi connectivity index (χ4v) is 4.11. The first-order valence-corrected chi connectivity index (χ1v) is 10.7. The number of rotatable bonds is 8. The molecule has 4 aromatic rings. The van der Waals surface area contributed by atoms with Crippen molar-refractivity contribution in [2.45, 2.75) is 13.0 Å². The van der Waals surface area contributed by atoms with Crippen LogP contribution in [0.3, 0.4) is 0 Å². The normalized spacial score (nSPS) is 11.0. The number of fused-ring (bicyclic) bond motifs is 1. The molecule has 7 heteroatoms. The Morgan fingerprint density at radius 3 is 2.63 bits per heavy atom. The van der Waals surface area contributed by atoms with Crippen LogP contribution in [0, 0.1) is 0 Å². The van der Waals surface area contributed by atoms with E-state index in [1.54, 1.807) is 16.2 Å². The van der Waals surface area contributed by atoms with Gasteiger partial charge in [0, 0.05) is 13.1 Å². The van der Waals surface area contributed by atoms with Gasteiger partial charge in [-0.25, -0.2) is 9.78 Å². The highest BCUT2D eigenvalue weighted by Gasteiger charge is 2.15. The van der Waals surface area contributed by atoms with Crippen molar-refractivity contribution in [3.63, 3.8) is 0 Å². The molecule has 0 aliphatic heterocycles. The molecule has 0 saturated carbocycles. The van der Waals surface area contributed by atoms with Crippen LogP contribution in [-0.4, -0.2) is 40.7 Å². The van der Waals surface area contributed by atoms with E-state index in [1.807, 2.05) is 66.7 Å². The average Bonchev–Trinajstić information content (AvgIpc) is 3.42. The minimum Gasteiger partial charge on any atom is -0.457 e. The molecule has 0 aliphatic rings. The zero-order valence-electron chi connectivity index (χ0n) is 16.5. The number of amides is 2. The van der Waals surface area contributed by atoms with Crippen molar-refractivity contribution in [3.05, 3.63) is 78.1 Å². The first-order chi connectivity index (χ1) is 14.7. The van der Waals surface area contributed by atoms with Gasteiger partial charge >= 0.3 is 6.03 Å². The molecule has 0 unspecified atom stereocenters. The summed E-state index contributed by atoms with van der Waals surface area (Å²) >= 11 is 1.58. The van der Waals surface area contributed by atoms with Crippen LogP contribution in [0.15, 0.2) is 71.1 Å². The summed E-state index contributed by atoms with van der Waals surface area (Å²) in [4.78, 5) is 18.8. The van der Waals surface area contributed by atoms with Gasteiger partial charge in [-0.3, -0.25) is 0 Å². The second-order valence-corrected chi connectivity index (χ2v) is 7.89. The number of nitrogens with one attached hydrogen (secondary N) is 1.